The summed E-state index contributed by atoms with van der Waals surface area (Å²) in [5.41, 5.74) is 1.14. The molecule has 1 aliphatic rings. The quantitative estimate of drug-likeness (QED) is 0.938. The molecule has 2 aromatic heterocycles. The molecule has 1 fully saturated rings. The molecular weight excluding hydrogens is 266 g/mol. The summed E-state index contributed by atoms with van der Waals surface area (Å²) in [4.78, 5) is 18.4. The molecule has 5 heteroatoms. The molecule has 1 unspecified atom stereocenters. The first-order chi connectivity index (χ1) is 10.2. The van der Waals surface area contributed by atoms with Crippen molar-refractivity contribution in [2.45, 2.75) is 38.6 Å². The third kappa shape index (κ3) is 2.65. The highest BCUT2D eigenvalue weighted by Gasteiger charge is 2.23. The number of likely N-dealkylation sites (tertiary alicyclic amines) is 1. The lowest BCUT2D eigenvalue weighted by atomic mass is 9.99. The Hall–Kier alpha value is -1.88. The van der Waals surface area contributed by atoms with Crippen molar-refractivity contribution in [3.63, 3.8) is 0 Å². The van der Waals surface area contributed by atoms with Crippen LogP contribution in [0.25, 0.3) is 5.52 Å². The Morgan fingerprint density at radius 3 is 3.05 bits per heavy atom. The number of hydrogen-bond acceptors (Lipinski definition) is 3. The average Bonchev–Trinajstić information content (AvgIpc) is 2.91. The lowest BCUT2D eigenvalue weighted by molar-refractivity contribution is 0.0688. The number of nitrogens with zero attached hydrogens (tertiary/aromatic N) is 3. The summed E-state index contributed by atoms with van der Waals surface area (Å²) in [6.45, 7) is 4.36. The molecule has 2 aromatic rings. The molecule has 0 aliphatic carbocycles. The normalized spacial score (nSPS) is 20.0. The van der Waals surface area contributed by atoms with Crippen molar-refractivity contribution in [3.8, 4) is 0 Å². The predicted molar refractivity (Wildman–Crippen MR) is 80.7 cm³/mol. The average molecular weight is 287 g/mol. The number of pyridine rings is 1. The van der Waals surface area contributed by atoms with E-state index >= 15 is 0 Å². The van der Waals surface area contributed by atoms with E-state index in [0.29, 0.717) is 11.7 Å². The van der Waals surface area contributed by atoms with E-state index in [-0.39, 0.29) is 0 Å². The zero-order valence-electron chi connectivity index (χ0n) is 12.3. The predicted octanol–water partition coefficient (Wildman–Crippen LogP) is 2.45. The van der Waals surface area contributed by atoms with Crippen LogP contribution in [0.15, 0.2) is 24.4 Å². The van der Waals surface area contributed by atoms with Crippen LogP contribution in [0, 0.1) is 0 Å². The highest BCUT2D eigenvalue weighted by atomic mass is 16.4. The van der Waals surface area contributed by atoms with Crippen LogP contribution in [0.4, 0.5) is 0 Å². The van der Waals surface area contributed by atoms with E-state index in [2.05, 4.69) is 16.8 Å². The summed E-state index contributed by atoms with van der Waals surface area (Å²) in [7, 11) is 0. The second-order valence-corrected chi connectivity index (χ2v) is 5.63. The van der Waals surface area contributed by atoms with Crippen LogP contribution in [-0.4, -0.2) is 44.5 Å². The van der Waals surface area contributed by atoms with Crippen molar-refractivity contribution < 1.29 is 9.90 Å². The molecular formula is C16H21N3O2. The van der Waals surface area contributed by atoms with Gasteiger partial charge in [-0.3, -0.25) is 4.40 Å². The first-order valence-corrected chi connectivity index (χ1v) is 7.63. The number of carboxylic acids is 1. The lowest BCUT2D eigenvalue weighted by Gasteiger charge is -2.34. The van der Waals surface area contributed by atoms with E-state index in [9.17, 15) is 9.90 Å². The largest absolute Gasteiger partial charge is 0.477 e. The molecule has 1 saturated heterocycles. The SMILES string of the molecule is CCN1CCCCC1Cc1ncc2cccc(C(=O)O)n12. The van der Waals surface area contributed by atoms with Crippen molar-refractivity contribution in [1.29, 1.82) is 0 Å². The van der Waals surface area contributed by atoms with E-state index < -0.39 is 5.97 Å². The van der Waals surface area contributed by atoms with Gasteiger partial charge in [0.2, 0.25) is 0 Å². The number of fused-ring (bicyclic) bond motifs is 1. The monoisotopic (exact) mass is 287 g/mol. The van der Waals surface area contributed by atoms with Gasteiger partial charge in [-0.1, -0.05) is 19.4 Å². The highest BCUT2D eigenvalue weighted by Crippen LogP contribution is 2.21. The first-order valence-electron chi connectivity index (χ1n) is 7.63. The summed E-state index contributed by atoms with van der Waals surface area (Å²) in [6, 6.07) is 5.78. The Balaban J connectivity index is 1.95. The number of likely N-dealkylation sites (N-methyl/N-ethyl adjacent to an activating group) is 1. The van der Waals surface area contributed by atoms with E-state index in [1.807, 2.05) is 6.07 Å². The number of aromatic carboxylic acids is 1. The van der Waals surface area contributed by atoms with E-state index in [1.54, 1.807) is 22.7 Å². The zero-order chi connectivity index (χ0) is 14.8. The molecule has 0 bridgehead atoms. The number of carboxylic acid groups (broad SMARTS) is 1. The molecule has 1 aliphatic heterocycles. The molecule has 1 N–H and O–H groups in total. The van der Waals surface area contributed by atoms with E-state index in [1.165, 1.54) is 12.8 Å². The molecule has 0 spiro atoms. The van der Waals surface area contributed by atoms with E-state index in [4.69, 9.17) is 0 Å². The molecule has 112 valence electrons. The molecule has 21 heavy (non-hydrogen) atoms. The van der Waals surface area contributed by atoms with Crippen molar-refractivity contribution in [1.82, 2.24) is 14.3 Å². The molecule has 5 nitrogen and oxygen atoms in total. The number of imidazole rings is 1. The van der Waals surface area contributed by atoms with Crippen LogP contribution < -0.4 is 0 Å². The van der Waals surface area contributed by atoms with Crippen molar-refractivity contribution in [3.05, 3.63) is 35.9 Å². The van der Waals surface area contributed by atoms with Gasteiger partial charge >= 0.3 is 5.97 Å². The third-order valence-corrected chi connectivity index (χ3v) is 4.42. The fourth-order valence-electron chi connectivity index (χ4n) is 3.34. The van der Waals surface area contributed by atoms with Crippen LogP contribution >= 0.6 is 0 Å². The van der Waals surface area contributed by atoms with Crippen molar-refractivity contribution in [2.24, 2.45) is 0 Å². The maximum absolute atomic E-state index is 11.4. The van der Waals surface area contributed by atoms with Gasteiger partial charge in [-0.25, -0.2) is 9.78 Å². The minimum absolute atomic E-state index is 0.291. The lowest BCUT2D eigenvalue weighted by Crippen LogP contribution is -2.41. The Morgan fingerprint density at radius 1 is 1.43 bits per heavy atom. The van der Waals surface area contributed by atoms with Crippen LogP contribution in [0.3, 0.4) is 0 Å². The van der Waals surface area contributed by atoms with Gasteiger partial charge in [-0.05, 0) is 38.1 Å². The summed E-state index contributed by atoms with van der Waals surface area (Å²) in [5, 5.41) is 9.37. The van der Waals surface area contributed by atoms with Crippen LogP contribution in [0.2, 0.25) is 0 Å². The van der Waals surface area contributed by atoms with E-state index in [0.717, 1.165) is 37.3 Å². The fraction of sp³-hybridized carbons (Fsp3) is 0.500. The van der Waals surface area contributed by atoms with Gasteiger partial charge in [-0.15, -0.1) is 0 Å². The molecule has 3 heterocycles. The first kappa shape index (κ1) is 14.1. The minimum atomic E-state index is -0.907. The standard InChI is InChI=1S/C16H21N3O2/c1-2-18-9-4-3-6-12(18)10-15-17-11-13-7-5-8-14(16(20)21)19(13)15/h5,7-8,11-12H,2-4,6,9-10H2,1H3,(H,20,21). The zero-order valence-corrected chi connectivity index (χ0v) is 12.3. The molecule has 1 atom stereocenters. The Bertz CT molecular complexity index is 650. The molecule has 0 radical (unpaired) electrons. The number of carbonyl (C=O) groups is 1. The fourth-order valence-corrected chi connectivity index (χ4v) is 3.34. The van der Waals surface area contributed by atoms with Gasteiger partial charge in [0.25, 0.3) is 0 Å². The topological polar surface area (TPSA) is 57.8 Å². The Kier molecular flexibility index (Phi) is 3.92. The van der Waals surface area contributed by atoms with Crippen LogP contribution in [0.1, 0.15) is 42.5 Å². The smallest absolute Gasteiger partial charge is 0.352 e. The van der Waals surface area contributed by atoms with Crippen LogP contribution in [-0.2, 0) is 6.42 Å². The summed E-state index contributed by atoms with van der Waals surface area (Å²) >= 11 is 0. The number of aromatic nitrogens is 2. The van der Waals surface area contributed by atoms with Gasteiger partial charge < -0.3 is 10.0 Å². The Labute approximate surface area is 124 Å². The summed E-state index contributed by atoms with van der Waals surface area (Å²) < 4.78 is 1.78. The van der Waals surface area contributed by atoms with Crippen LogP contribution in [0.5, 0.6) is 0 Å². The summed E-state index contributed by atoms with van der Waals surface area (Å²) in [5.74, 6) is -0.0517. The third-order valence-electron chi connectivity index (χ3n) is 4.42. The maximum Gasteiger partial charge on any atom is 0.352 e. The van der Waals surface area contributed by atoms with Gasteiger partial charge in [0, 0.05) is 12.5 Å². The molecule has 3 rings (SSSR count). The number of rotatable bonds is 4. The second kappa shape index (κ2) is 5.85. The summed E-state index contributed by atoms with van der Waals surface area (Å²) in [6.07, 6.45) is 6.24. The molecule has 0 aromatic carbocycles. The van der Waals surface area contributed by atoms with Crippen molar-refractivity contribution >= 4 is 11.5 Å². The second-order valence-electron chi connectivity index (χ2n) is 5.63. The van der Waals surface area contributed by atoms with Gasteiger partial charge in [-0.2, -0.15) is 0 Å². The Morgan fingerprint density at radius 2 is 2.29 bits per heavy atom. The maximum atomic E-state index is 11.4. The number of hydrogen-bond donors (Lipinski definition) is 1. The van der Waals surface area contributed by atoms with Gasteiger partial charge in [0.05, 0.1) is 11.7 Å². The van der Waals surface area contributed by atoms with Crippen molar-refractivity contribution in [2.75, 3.05) is 13.1 Å². The van der Waals surface area contributed by atoms with Gasteiger partial charge in [0.1, 0.15) is 11.5 Å². The number of piperidine rings is 1. The molecule has 0 saturated carbocycles. The van der Waals surface area contributed by atoms with Gasteiger partial charge in [0.15, 0.2) is 0 Å². The minimum Gasteiger partial charge on any atom is -0.477 e. The molecule has 0 amide bonds. The highest BCUT2D eigenvalue weighted by molar-refractivity contribution is 5.86.